The lowest BCUT2D eigenvalue weighted by Crippen LogP contribution is -2.43. The molecule has 0 bridgehead atoms. The van der Waals surface area contributed by atoms with Crippen molar-refractivity contribution in [1.29, 1.82) is 0 Å². The van der Waals surface area contributed by atoms with Gasteiger partial charge in [0.2, 0.25) is 5.91 Å². The van der Waals surface area contributed by atoms with Crippen molar-refractivity contribution in [2.24, 2.45) is 0 Å². The Morgan fingerprint density at radius 3 is 2.26 bits per heavy atom. The number of phenolic OH excluding ortho intramolecular Hbond substituents is 1. The van der Waals surface area contributed by atoms with Crippen LogP contribution < -0.4 is 4.90 Å². The molecule has 3 amide bonds. The number of hydrogen-bond acceptors (Lipinski definition) is 6. The summed E-state index contributed by atoms with van der Waals surface area (Å²) < 4.78 is 7.84. The molecule has 4 aromatic carbocycles. The first kappa shape index (κ1) is 38.2. The van der Waals surface area contributed by atoms with Crippen molar-refractivity contribution in [2.75, 3.05) is 51.3 Å². The quantitative estimate of drug-likeness (QED) is 0.184. The van der Waals surface area contributed by atoms with E-state index in [9.17, 15) is 14.7 Å². The van der Waals surface area contributed by atoms with Gasteiger partial charge in [0.1, 0.15) is 5.75 Å². The third-order valence-corrected chi connectivity index (χ3v) is 12.1. The summed E-state index contributed by atoms with van der Waals surface area (Å²) in [5, 5.41) is 9.92. The maximum absolute atomic E-state index is 15.1. The van der Waals surface area contributed by atoms with Crippen LogP contribution in [0.1, 0.15) is 61.2 Å². The van der Waals surface area contributed by atoms with Gasteiger partial charge in [0.25, 0.3) is 11.8 Å². The molecule has 0 radical (unpaired) electrons. The zero-order valence-electron chi connectivity index (χ0n) is 33.1. The monoisotopic (exact) mass is 765 g/mol. The van der Waals surface area contributed by atoms with Crippen LogP contribution in [0.4, 0.5) is 5.69 Å². The van der Waals surface area contributed by atoms with Gasteiger partial charge in [-0.05, 0) is 97.0 Å². The maximum atomic E-state index is 15.1. The molecule has 1 fully saturated rings. The van der Waals surface area contributed by atoms with E-state index in [0.29, 0.717) is 69.0 Å². The number of fused-ring (bicyclic) bond motifs is 2. The molecule has 294 valence electrons. The van der Waals surface area contributed by atoms with Crippen molar-refractivity contribution in [3.63, 3.8) is 0 Å². The number of hydrogen-bond donors (Lipinski definition) is 1. The van der Waals surface area contributed by atoms with Crippen LogP contribution in [0.2, 0.25) is 0 Å². The summed E-state index contributed by atoms with van der Waals surface area (Å²) in [5.74, 6) is -0.0369. The summed E-state index contributed by atoms with van der Waals surface area (Å²) in [6.07, 6.45) is 1.75. The summed E-state index contributed by atoms with van der Waals surface area (Å²) in [7, 11) is 1.74. The summed E-state index contributed by atoms with van der Waals surface area (Å²) >= 11 is 0. The first-order valence-electron chi connectivity index (χ1n) is 20.1. The number of carbonyl (C=O) groups is 3. The van der Waals surface area contributed by atoms with E-state index in [1.165, 1.54) is 5.56 Å². The Balaban J connectivity index is 1.21. The van der Waals surface area contributed by atoms with Gasteiger partial charge < -0.3 is 29.1 Å². The first-order chi connectivity index (χ1) is 27.6. The number of aromatic hydroxyl groups is 1. The van der Waals surface area contributed by atoms with Crippen LogP contribution in [0.15, 0.2) is 97.1 Å². The van der Waals surface area contributed by atoms with E-state index in [4.69, 9.17) is 4.74 Å². The molecule has 3 aliphatic rings. The average molecular weight is 766 g/mol. The molecule has 1 saturated heterocycles. The Morgan fingerprint density at radius 2 is 1.51 bits per heavy atom. The van der Waals surface area contributed by atoms with Gasteiger partial charge in [-0.25, -0.2) is 0 Å². The highest BCUT2D eigenvalue weighted by molar-refractivity contribution is 6.08. The molecule has 8 rings (SSSR count). The zero-order valence-corrected chi connectivity index (χ0v) is 33.1. The highest BCUT2D eigenvalue weighted by Gasteiger charge is 2.33. The molecular formula is C47H51N5O5. The number of morpholine rings is 1. The van der Waals surface area contributed by atoms with Gasteiger partial charge in [-0.1, -0.05) is 54.6 Å². The van der Waals surface area contributed by atoms with Crippen LogP contribution in [0.3, 0.4) is 0 Å². The van der Waals surface area contributed by atoms with Gasteiger partial charge in [-0.2, -0.15) is 0 Å². The van der Waals surface area contributed by atoms with Gasteiger partial charge in [0.05, 0.1) is 25.2 Å². The highest BCUT2D eigenvalue weighted by atomic mass is 16.5. The summed E-state index contributed by atoms with van der Waals surface area (Å²) in [5.41, 5.74) is 9.71. The number of amides is 3. The smallest absolute Gasteiger partial charge is 0.259 e. The summed E-state index contributed by atoms with van der Waals surface area (Å²) in [4.78, 5) is 51.0. The standard InChI is InChI=1S/C47H51N5O5/c1-32-25-35-11-7-8-12-37(35)31-52(32)47(56)43-28-38-30-50(45(54)26-34-9-5-4-6-10-34)18-17-36(38)27-42(43)44-29-41(46(55)48(3)39-13-15-40(53)16-14-39)33(2)51(44)20-19-49-21-23-57-24-22-49/h4-16,27-29,32,53H,17-26,30-31H2,1-3H3/t32-/m1/s1. The second kappa shape index (κ2) is 16.4. The van der Waals surface area contributed by atoms with E-state index in [1.54, 1.807) is 36.2 Å². The normalized spacial score (nSPS) is 16.9. The first-order valence-corrected chi connectivity index (χ1v) is 20.1. The van der Waals surface area contributed by atoms with Gasteiger partial charge in [0, 0.05) is 87.1 Å². The molecule has 0 spiro atoms. The fraction of sp³-hybridized carbons (Fsp3) is 0.340. The molecule has 1 atom stereocenters. The van der Waals surface area contributed by atoms with Crippen molar-refractivity contribution < 1.29 is 24.2 Å². The topological polar surface area (TPSA) is 98.6 Å². The predicted molar refractivity (Wildman–Crippen MR) is 221 cm³/mol. The van der Waals surface area contributed by atoms with E-state index < -0.39 is 0 Å². The lowest BCUT2D eigenvalue weighted by Gasteiger charge is -2.36. The minimum atomic E-state index is -0.177. The lowest BCUT2D eigenvalue weighted by molar-refractivity contribution is -0.131. The molecule has 5 aromatic rings. The van der Waals surface area contributed by atoms with Crippen LogP contribution in [0.5, 0.6) is 5.75 Å². The number of rotatable bonds is 9. The molecule has 4 heterocycles. The number of benzene rings is 4. The lowest BCUT2D eigenvalue weighted by atomic mass is 9.89. The second-order valence-electron chi connectivity index (χ2n) is 15.7. The molecule has 10 nitrogen and oxygen atoms in total. The SMILES string of the molecule is Cc1c(C(=O)N(C)c2ccc(O)cc2)cc(-c2cc3c(cc2C(=O)N2Cc4ccccc4C[C@H]2C)CN(C(=O)Cc2ccccc2)CC3)n1CCN1CCOCC1. The van der Waals surface area contributed by atoms with Crippen LogP contribution in [-0.2, 0) is 48.4 Å². The number of aromatic nitrogens is 1. The van der Waals surface area contributed by atoms with Crippen molar-refractivity contribution in [1.82, 2.24) is 19.3 Å². The van der Waals surface area contributed by atoms with Crippen LogP contribution in [-0.4, -0.2) is 94.6 Å². The Bertz CT molecular complexity index is 2280. The van der Waals surface area contributed by atoms with Gasteiger partial charge in [-0.15, -0.1) is 0 Å². The molecule has 0 saturated carbocycles. The van der Waals surface area contributed by atoms with Crippen molar-refractivity contribution >= 4 is 23.4 Å². The van der Waals surface area contributed by atoms with Gasteiger partial charge >= 0.3 is 0 Å². The Hall–Kier alpha value is -5.71. The summed E-state index contributed by atoms with van der Waals surface area (Å²) in [6.45, 7) is 10.0. The number of carbonyl (C=O) groups excluding carboxylic acids is 3. The number of anilines is 1. The number of nitrogens with zero attached hydrogens (tertiary/aromatic N) is 5. The minimum absolute atomic E-state index is 0.0221. The van der Waals surface area contributed by atoms with E-state index in [-0.39, 0.29) is 29.5 Å². The van der Waals surface area contributed by atoms with Gasteiger partial charge in [0.15, 0.2) is 0 Å². The third-order valence-electron chi connectivity index (χ3n) is 12.1. The average Bonchev–Trinajstić information content (AvgIpc) is 3.57. The van der Waals surface area contributed by atoms with Crippen molar-refractivity contribution in [3.8, 4) is 17.0 Å². The highest BCUT2D eigenvalue weighted by Crippen LogP contribution is 2.36. The maximum Gasteiger partial charge on any atom is 0.259 e. The third kappa shape index (κ3) is 7.97. The zero-order chi connectivity index (χ0) is 39.6. The van der Waals surface area contributed by atoms with E-state index in [1.807, 2.05) is 65.3 Å². The number of phenols is 1. The molecule has 0 unspecified atom stereocenters. The molecule has 1 aromatic heterocycles. The Labute approximate surface area is 334 Å². The molecule has 1 N–H and O–H groups in total. The summed E-state index contributed by atoms with van der Waals surface area (Å²) in [6, 6.07) is 30.9. The molecule has 10 heteroatoms. The minimum Gasteiger partial charge on any atom is -0.508 e. The van der Waals surface area contributed by atoms with E-state index in [2.05, 4.69) is 40.7 Å². The van der Waals surface area contributed by atoms with Crippen LogP contribution in [0, 0.1) is 6.92 Å². The van der Waals surface area contributed by atoms with Crippen LogP contribution in [0.25, 0.3) is 11.3 Å². The fourth-order valence-corrected chi connectivity index (χ4v) is 8.61. The second-order valence-corrected chi connectivity index (χ2v) is 15.7. The van der Waals surface area contributed by atoms with E-state index >= 15 is 4.79 Å². The predicted octanol–water partition coefficient (Wildman–Crippen LogP) is 6.49. The van der Waals surface area contributed by atoms with Gasteiger partial charge in [-0.3, -0.25) is 19.3 Å². The molecule has 3 aliphatic heterocycles. The largest absolute Gasteiger partial charge is 0.508 e. The Morgan fingerprint density at radius 1 is 0.789 bits per heavy atom. The van der Waals surface area contributed by atoms with Crippen molar-refractivity contribution in [3.05, 3.63) is 142 Å². The van der Waals surface area contributed by atoms with E-state index in [0.717, 1.165) is 65.3 Å². The fourth-order valence-electron chi connectivity index (χ4n) is 8.61. The van der Waals surface area contributed by atoms with Crippen molar-refractivity contribution in [2.45, 2.75) is 58.8 Å². The Kier molecular flexibility index (Phi) is 11.0. The molecule has 0 aliphatic carbocycles. The molecular weight excluding hydrogens is 715 g/mol. The molecule has 57 heavy (non-hydrogen) atoms. The van der Waals surface area contributed by atoms with Crippen LogP contribution >= 0.6 is 0 Å². The number of ether oxygens (including phenoxy) is 1.